The second-order valence-electron chi connectivity index (χ2n) is 5.24. The van der Waals surface area contributed by atoms with Gasteiger partial charge >= 0.3 is 0 Å². The molecule has 1 saturated heterocycles. The Morgan fingerprint density at radius 2 is 2.28 bits per heavy atom. The number of benzene rings is 1. The van der Waals surface area contributed by atoms with Gasteiger partial charge in [0.25, 0.3) is 0 Å². The van der Waals surface area contributed by atoms with E-state index in [1.54, 1.807) is 6.07 Å². The van der Waals surface area contributed by atoms with Crippen LogP contribution in [0.1, 0.15) is 13.8 Å². The minimum absolute atomic E-state index is 0.000397. The van der Waals surface area contributed by atoms with Gasteiger partial charge in [0, 0.05) is 13.1 Å². The lowest BCUT2D eigenvalue weighted by Crippen LogP contribution is -2.54. The third kappa shape index (κ3) is 2.71. The molecule has 5 heteroatoms. The van der Waals surface area contributed by atoms with Gasteiger partial charge in [-0.15, -0.1) is 0 Å². The summed E-state index contributed by atoms with van der Waals surface area (Å²) >= 11 is 6.04. The number of ether oxygens (including phenoxy) is 1. The lowest BCUT2D eigenvalue weighted by Gasteiger charge is -2.43. The van der Waals surface area contributed by atoms with E-state index >= 15 is 0 Å². The quantitative estimate of drug-likeness (QED) is 0.806. The largest absolute Gasteiger partial charge is 0.396 e. The van der Waals surface area contributed by atoms with Crippen molar-refractivity contribution in [1.29, 1.82) is 0 Å². The molecule has 4 nitrogen and oxygen atoms in total. The van der Waals surface area contributed by atoms with Gasteiger partial charge in [-0.25, -0.2) is 0 Å². The van der Waals surface area contributed by atoms with Crippen LogP contribution in [-0.4, -0.2) is 36.5 Å². The van der Waals surface area contributed by atoms with Crippen molar-refractivity contribution in [2.45, 2.75) is 25.6 Å². The number of nitrogens with zero attached hydrogens (tertiary/aromatic N) is 1. The molecule has 3 N–H and O–H groups in total. The minimum atomic E-state index is -0.319. The Labute approximate surface area is 112 Å². The van der Waals surface area contributed by atoms with Gasteiger partial charge in [-0.3, -0.25) is 0 Å². The van der Waals surface area contributed by atoms with Crippen LogP contribution in [-0.2, 0) is 4.74 Å². The van der Waals surface area contributed by atoms with Gasteiger partial charge in [-0.05, 0) is 26.0 Å². The Hall–Kier alpha value is -0.970. The summed E-state index contributed by atoms with van der Waals surface area (Å²) in [5.74, 6) is 0. The van der Waals surface area contributed by atoms with E-state index in [-0.39, 0.29) is 18.3 Å². The van der Waals surface area contributed by atoms with E-state index in [0.717, 1.165) is 5.69 Å². The van der Waals surface area contributed by atoms with Crippen LogP contribution in [0.4, 0.5) is 11.4 Å². The van der Waals surface area contributed by atoms with Crippen molar-refractivity contribution < 1.29 is 9.84 Å². The van der Waals surface area contributed by atoms with Gasteiger partial charge in [0.1, 0.15) is 0 Å². The van der Waals surface area contributed by atoms with E-state index in [2.05, 4.69) is 4.90 Å². The molecular weight excluding hydrogens is 252 g/mol. The van der Waals surface area contributed by atoms with Gasteiger partial charge in [-0.2, -0.15) is 0 Å². The molecule has 1 fully saturated rings. The molecule has 0 saturated carbocycles. The molecule has 1 aromatic carbocycles. The number of para-hydroxylation sites is 1. The Kier molecular flexibility index (Phi) is 3.71. The van der Waals surface area contributed by atoms with Crippen molar-refractivity contribution in [2.75, 3.05) is 30.3 Å². The smallest absolute Gasteiger partial charge is 0.0988 e. The monoisotopic (exact) mass is 270 g/mol. The molecule has 0 radical (unpaired) electrons. The third-order valence-electron chi connectivity index (χ3n) is 3.06. The van der Waals surface area contributed by atoms with E-state index < -0.39 is 0 Å². The summed E-state index contributed by atoms with van der Waals surface area (Å²) in [5, 5.41) is 9.86. The number of aliphatic hydroxyl groups is 1. The van der Waals surface area contributed by atoms with Crippen LogP contribution in [0.25, 0.3) is 0 Å². The van der Waals surface area contributed by atoms with Crippen molar-refractivity contribution in [3.63, 3.8) is 0 Å². The molecule has 0 bridgehead atoms. The molecule has 0 amide bonds. The molecule has 0 aromatic heterocycles. The van der Waals surface area contributed by atoms with Crippen molar-refractivity contribution >= 4 is 23.0 Å². The molecule has 1 heterocycles. The molecule has 0 aliphatic carbocycles. The highest BCUT2D eigenvalue weighted by Gasteiger charge is 2.33. The van der Waals surface area contributed by atoms with Gasteiger partial charge in [-0.1, -0.05) is 17.7 Å². The molecule has 100 valence electrons. The minimum Gasteiger partial charge on any atom is -0.396 e. The number of anilines is 2. The Bertz CT molecular complexity index is 437. The second kappa shape index (κ2) is 4.96. The number of morpholine rings is 1. The molecule has 2 rings (SSSR count). The van der Waals surface area contributed by atoms with Crippen molar-refractivity contribution in [3.05, 3.63) is 23.2 Å². The normalized spacial score (nSPS) is 23.1. The number of aliphatic hydroxyl groups excluding tert-OH is 1. The zero-order valence-electron chi connectivity index (χ0n) is 10.7. The summed E-state index contributed by atoms with van der Waals surface area (Å²) in [5.41, 5.74) is 7.17. The van der Waals surface area contributed by atoms with Crippen LogP contribution in [0, 0.1) is 0 Å². The van der Waals surface area contributed by atoms with Crippen LogP contribution in [0.2, 0.25) is 5.02 Å². The number of nitrogens with two attached hydrogens (primary N) is 1. The number of rotatable bonds is 2. The Morgan fingerprint density at radius 3 is 2.94 bits per heavy atom. The first-order valence-electron chi connectivity index (χ1n) is 6.00. The van der Waals surface area contributed by atoms with Gasteiger partial charge in [0.2, 0.25) is 0 Å². The zero-order chi connectivity index (χ0) is 13.3. The topological polar surface area (TPSA) is 58.7 Å². The molecular formula is C13H19ClN2O2. The first kappa shape index (κ1) is 13.5. The van der Waals surface area contributed by atoms with Crippen LogP contribution in [0.5, 0.6) is 0 Å². The van der Waals surface area contributed by atoms with Crippen molar-refractivity contribution in [2.24, 2.45) is 0 Å². The average molecular weight is 271 g/mol. The van der Waals surface area contributed by atoms with Gasteiger partial charge in [0.05, 0.1) is 34.7 Å². The number of halogens is 1. The van der Waals surface area contributed by atoms with Gasteiger partial charge < -0.3 is 20.5 Å². The summed E-state index contributed by atoms with van der Waals surface area (Å²) in [6.45, 7) is 5.34. The van der Waals surface area contributed by atoms with E-state index in [0.29, 0.717) is 23.8 Å². The molecule has 1 aliphatic rings. The Morgan fingerprint density at radius 1 is 1.56 bits per heavy atom. The molecule has 1 aromatic rings. The highest BCUT2D eigenvalue weighted by atomic mass is 35.5. The number of nitrogen functional groups attached to an aromatic ring is 1. The van der Waals surface area contributed by atoms with E-state index in [4.69, 9.17) is 22.1 Å². The maximum Gasteiger partial charge on any atom is 0.0988 e. The van der Waals surface area contributed by atoms with Crippen LogP contribution in [0.3, 0.4) is 0 Å². The maximum atomic E-state index is 9.30. The first-order chi connectivity index (χ1) is 8.43. The van der Waals surface area contributed by atoms with E-state index in [1.807, 2.05) is 26.0 Å². The fourth-order valence-corrected chi connectivity index (χ4v) is 2.55. The zero-order valence-corrected chi connectivity index (χ0v) is 11.4. The standard InChI is InChI=1S/C13H19ClN2O2/c1-13(2)8-16(6-9(7-17)18-13)11-5-3-4-10(14)12(11)15/h3-5,9,17H,6-8,15H2,1-2H3. The molecule has 18 heavy (non-hydrogen) atoms. The summed E-state index contributed by atoms with van der Waals surface area (Å²) in [4.78, 5) is 2.12. The fourth-order valence-electron chi connectivity index (χ4n) is 2.38. The van der Waals surface area contributed by atoms with E-state index in [1.165, 1.54) is 0 Å². The molecule has 1 unspecified atom stereocenters. The van der Waals surface area contributed by atoms with E-state index in [9.17, 15) is 5.11 Å². The highest BCUT2D eigenvalue weighted by Crippen LogP contribution is 2.33. The molecule has 1 aliphatic heterocycles. The number of hydrogen-bond acceptors (Lipinski definition) is 4. The van der Waals surface area contributed by atoms with Crippen LogP contribution < -0.4 is 10.6 Å². The predicted octanol–water partition coefficient (Wildman–Crippen LogP) is 1.90. The predicted molar refractivity (Wildman–Crippen MR) is 74.1 cm³/mol. The van der Waals surface area contributed by atoms with Crippen LogP contribution >= 0.6 is 11.6 Å². The molecule has 1 atom stereocenters. The summed E-state index contributed by atoms with van der Waals surface area (Å²) in [7, 11) is 0. The lowest BCUT2D eigenvalue weighted by atomic mass is 10.0. The SMILES string of the molecule is CC1(C)CN(c2cccc(Cl)c2N)CC(CO)O1. The summed E-state index contributed by atoms with van der Waals surface area (Å²) in [6, 6.07) is 5.59. The highest BCUT2D eigenvalue weighted by molar-refractivity contribution is 6.33. The van der Waals surface area contributed by atoms with Crippen LogP contribution in [0.15, 0.2) is 18.2 Å². The maximum absolute atomic E-state index is 9.30. The third-order valence-corrected chi connectivity index (χ3v) is 3.39. The van der Waals surface area contributed by atoms with Gasteiger partial charge in [0.15, 0.2) is 0 Å². The average Bonchev–Trinajstić information content (AvgIpc) is 2.30. The van der Waals surface area contributed by atoms with Crippen molar-refractivity contribution in [3.8, 4) is 0 Å². The summed E-state index contributed by atoms with van der Waals surface area (Å²) < 4.78 is 5.78. The lowest BCUT2D eigenvalue weighted by molar-refractivity contribution is -0.100. The fraction of sp³-hybridized carbons (Fsp3) is 0.538. The second-order valence-corrected chi connectivity index (χ2v) is 5.64. The summed E-state index contributed by atoms with van der Waals surface area (Å²) in [6.07, 6.45) is -0.202. The number of hydrogen-bond donors (Lipinski definition) is 2. The molecule has 0 spiro atoms. The first-order valence-corrected chi connectivity index (χ1v) is 6.38. The van der Waals surface area contributed by atoms with Crippen molar-refractivity contribution in [1.82, 2.24) is 0 Å². The Balaban J connectivity index is 2.29.